The standard InChI is InChI=1S/C16H17ClF3NO3/c17-11-7-9(8-13-14(11)24-6-5-23-13)15(22)21-12-4-2-1-3-10(12)16(18,19)20/h7-8,10,12H,1-6H2,(H,21,22). The van der Waals surface area contributed by atoms with E-state index in [0.717, 1.165) is 0 Å². The van der Waals surface area contributed by atoms with E-state index >= 15 is 0 Å². The zero-order chi connectivity index (χ0) is 17.3. The molecular weight excluding hydrogens is 347 g/mol. The van der Waals surface area contributed by atoms with Gasteiger partial charge in [0.1, 0.15) is 13.2 Å². The van der Waals surface area contributed by atoms with Crippen molar-refractivity contribution in [1.82, 2.24) is 5.32 Å². The van der Waals surface area contributed by atoms with Crippen LogP contribution in [0.5, 0.6) is 11.5 Å². The molecule has 1 amide bonds. The zero-order valence-corrected chi connectivity index (χ0v) is 13.5. The number of benzene rings is 1. The fraction of sp³-hybridized carbons (Fsp3) is 0.562. The Labute approximate surface area is 142 Å². The van der Waals surface area contributed by atoms with E-state index in [-0.39, 0.29) is 17.0 Å². The van der Waals surface area contributed by atoms with Crippen molar-refractivity contribution in [3.8, 4) is 11.5 Å². The molecular formula is C16H17ClF3NO3. The van der Waals surface area contributed by atoms with Crippen LogP contribution in [0.25, 0.3) is 0 Å². The van der Waals surface area contributed by atoms with E-state index in [4.69, 9.17) is 21.1 Å². The summed E-state index contributed by atoms with van der Waals surface area (Å²) < 4.78 is 50.1. The Kier molecular flexibility index (Phi) is 4.80. The molecule has 0 spiro atoms. The van der Waals surface area contributed by atoms with Crippen LogP contribution in [0.1, 0.15) is 36.0 Å². The highest BCUT2D eigenvalue weighted by Gasteiger charge is 2.46. The maximum Gasteiger partial charge on any atom is 0.393 e. The summed E-state index contributed by atoms with van der Waals surface area (Å²) in [4.78, 5) is 12.4. The smallest absolute Gasteiger partial charge is 0.393 e. The fourth-order valence-corrected chi connectivity index (χ4v) is 3.45. The van der Waals surface area contributed by atoms with E-state index in [1.165, 1.54) is 12.1 Å². The molecule has 1 N–H and O–H groups in total. The first kappa shape index (κ1) is 17.2. The third-order valence-electron chi connectivity index (χ3n) is 4.36. The van der Waals surface area contributed by atoms with E-state index in [1.54, 1.807) is 0 Å². The van der Waals surface area contributed by atoms with Crippen molar-refractivity contribution in [2.45, 2.75) is 37.9 Å². The molecule has 24 heavy (non-hydrogen) atoms. The van der Waals surface area contributed by atoms with Crippen LogP contribution in [0.3, 0.4) is 0 Å². The van der Waals surface area contributed by atoms with Crippen LogP contribution >= 0.6 is 11.6 Å². The first-order valence-corrected chi connectivity index (χ1v) is 8.21. The summed E-state index contributed by atoms with van der Waals surface area (Å²) in [5.41, 5.74) is 0.163. The molecule has 0 aromatic heterocycles. The summed E-state index contributed by atoms with van der Waals surface area (Å²) >= 11 is 6.07. The van der Waals surface area contributed by atoms with Gasteiger partial charge < -0.3 is 14.8 Å². The minimum Gasteiger partial charge on any atom is -0.486 e. The van der Waals surface area contributed by atoms with Crippen LogP contribution in [0, 0.1) is 5.92 Å². The van der Waals surface area contributed by atoms with Crippen LogP contribution in [0.15, 0.2) is 12.1 Å². The maximum absolute atomic E-state index is 13.1. The second kappa shape index (κ2) is 6.70. The average molecular weight is 364 g/mol. The number of amides is 1. The molecule has 1 fully saturated rings. The monoisotopic (exact) mass is 363 g/mol. The maximum atomic E-state index is 13.1. The van der Waals surface area contributed by atoms with E-state index in [0.29, 0.717) is 44.0 Å². The third-order valence-corrected chi connectivity index (χ3v) is 4.64. The van der Waals surface area contributed by atoms with Gasteiger partial charge in [0, 0.05) is 11.6 Å². The van der Waals surface area contributed by atoms with Crippen molar-refractivity contribution in [2.75, 3.05) is 13.2 Å². The molecule has 1 aromatic rings. The van der Waals surface area contributed by atoms with E-state index in [1.807, 2.05) is 0 Å². The third kappa shape index (κ3) is 3.55. The van der Waals surface area contributed by atoms with Gasteiger partial charge in [0.2, 0.25) is 0 Å². The molecule has 0 radical (unpaired) electrons. The lowest BCUT2D eigenvalue weighted by molar-refractivity contribution is -0.187. The molecule has 1 heterocycles. The van der Waals surface area contributed by atoms with Crippen molar-refractivity contribution in [3.05, 3.63) is 22.7 Å². The normalized spacial score (nSPS) is 23.7. The SMILES string of the molecule is O=C(NC1CCCCC1C(F)(F)F)c1cc(Cl)c2c(c1)OCCO2. The molecule has 1 aromatic carbocycles. The van der Waals surface area contributed by atoms with Gasteiger partial charge >= 0.3 is 6.18 Å². The van der Waals surface area contributed by atoms with Gasteiger partial charge in [-0.25, -0.2) is 0 Å². The number of nitrogens with one attached hydrogen (secondary N) is 1. The minimum atomic E-state index is -4.32. The summed E-state index contributed by atoms with van der Waals surface area (Å²) in [7, 11) is 0. The molecule has 2 unspecified atom stereocenters. The first-order valence-electron chi connectivity index (χ1n) is 7.83. The second-order valence-electron chi connectivity index (χ2n) is 5.99. The molecule has 8 heteroatoms. The Balaban J connectivity index is 1.78. The first-order chi connectivity index (χ1) is 11.4. The van der Waals surface area contributed by atoms with Gasteiger partial charge in [-0.05, 0) is 25.0 Å². The zero-order valence-electron chi connectivity index (χ0n) is 12.8. The Bertz CT molecular complexity index is 636. The number of hydrogen-bond donors (Lipinski definition) is 1. The number of hydrogen-bond acceptors (Lipinski definition) is 3. The van der Waals surface area contributed by atoms with Gasteiger partial charge in [-0.15, -0.1) is 0 Å². The molecule has 2 atom stereocenters. The summed E-state index contributed by atoms with van der Waals surface area (Å²) in [5, 5.41) is 2.71. The minimum absolute atomic E-state index is 0.0380. The van der Waals surface area contributed by atoms with Crippen LogP contribution in [-0.4, -0.2) is 31.3 Å². The molecule has 0 saturated heterocycles. The number of ether oxygens (including phenoxy) is 2. The van der Waals surface area contributed by atoms with Crippen molar-refractivity contribution < 1.29 is 27.4 Å². The second-order valence-corrected chi connectivity index (χ2v) is 6.40. The highest BCUT2D eigenvalue weighted by Crippen LogP contribution is 2.40. The van der Waals surface area contributed by atoms with E-state index in [9.17, 15) is 18.0 Å². The van der Waals surface area contributed by atoms with Crippen molar-refractivity contribution in [3.63, 3.8) is 0 Å². The Morgan fingerprint density at radius 2 is 1.88 bits per heavy atom. The Hall–Kier alpha value is -1.63. The summed E-state index contributed by atoms with van der Waals surface area (Å²) in [6, 6.07) is 1.91. The van der Waals surface area contributed by atoms with E-state index in [2.05, 4.69) is 5.32 Å². The number of fused-ring (bicyclic) bond motifs is 1. The number of halogens is 4. The largest absolute Gasteiger partial charge is 0.486 e. The molecule has 1 saturated carbocycles. The Morgan fingerprint density at radius 3 is 2.62 bits per heavy atom. The number of rotatable bonds is 2. The average Bonchev–Trinajstić information content (AvgIpc) is 2.54. The summed E-state index contributed by atoms with van der Waals surface area (Å²) in [5.74, 6) is -1.42. The molecule has 0 bridgehead atoms. The van der Waals surface area contributed by atoms with Crippen LogP contribution in [0.4, 0.5) is 13.2 Å². The van der Waals surface area contributed by atoms with Gasteiger partial charge in [-0.3, -0.25) is 4.79 Å². The van der Waals surface area contributed by atoms with Crippen molar-refractivity contribution >= 4 is 17.5 Å². The molecule has 1 aliphatic carbocycles. The van der Waals surface area contributed by atoms with Crippen molar-refractivity contribution in [1.29, 1.82) is 0 Å². The van der Waals surface area contributed by atoms with Gasteiger partial charge in [-0.1, -0.05) is 24.4 Å². The van der Waals surface area contributed by atoms with E-state index < -0.39 is 24.0 Å². The lowest BCUT2D eigenvalue weighted by Gasteiger charge is -2.33. The van der Waals surface area contributed by atoms with Gasteiger partial charge in [0.15, 0.2) is 11.5 Å². The lowest BCUT2D eigenvalue weighted by atomic mass is 9.84. The predicted molar refractivity (Wildman–Crippen MR) is 81.7 cm³/mol. The number of carbonyl (C=O) groups excluding carboxylic acids is 1. The fourth-order valence-electron chi connectivity index (χ4n) is 3.19. The van der Waals surface area contributed by atoms with Gasteiger partial charge in [-0.2, -0.15) is 13.2 Å². The molecule has 132 valence electrons. The highest BCUT2D eigenvalue weighted by atomic mass is 35.5. The molecule has 4 nitrogen and oxygen atoms in total. The van der Waals surface area contributed by atoms with Crippen LogP contribution in [-0.2, 0) is 0 Å². The molecule has 1 aliphatic heterocycles. The topological polar surface area (TPSA) is 47.6 Å². The predicted octanol–water partition coefficient (Wildman–Crippen LogP) is 3.96. The quantitative estimate of drug-likeness (QED) is 0.865. The van der Waals surface area contributed by atoms with Crippen molar-refractivity contribution in [2.24, 2.45) is 5.92 Å². The summed E-state index contributed by atoms with van der Waals surface area (Å²) in [6.45, 7) is 0.681. The number of alkyl halides is 3. The van der Waals surface area contributed by atoms with Crippen LogP contribution < -0.4 is 14.8 Å². The van der Waals surface area contributed by atoms with Crippen LogP contribution in [0.2, 0.25) is 5.02 Å². The summed E-state index contributed by atoms with van der Waals surface area (Å²) in [6.07, 6.45) is -2.78. The number of carbonyl (C=O) groups is 1. The molecule has 3 rings (SSSR count). The highest BCUT2D eigenvalue weighted by molar-refractivity contribution is 6.32. The lowest BCUT2D eigenvalue weighted by Crippen LogP contribution is -2.47. The molecule has 2 aliphatic rings. The van der Waals surface area contributed by atoms with Gasteiger partial charge in [0.25, 0.3) is 5.91 Å². The van der Waals surface area contributed by atoms with Gasteiger partial charge in [0.05, 0.1) is 10.9 Å². The Morgan fingerprint density at radius 1 is 1.17 bits per heavy atom.